The van der Waals surface area contributed by atoms with Gasteiger partial charge in [-0.25, -0.2) is 8.42 Å². The average Bonchev–Trinajstić information content (AvgIpc) is 2.37. The third kappa shape index (κ3) is 2.45. The summed E-state index contributed by atoms with van der Waals surface area (Å²) in [6.45, 7) is 4.86. The molecule has 0 fully saturated rings. The fraction of sp³-hybridized carbons (Fsp3) is 0.462. The first-order valence-corrected chi connectivity index (χ1v) is 7.84. The summed E-state index contributed by atoms with van der Waals surface area (Å²) in [5.74, 6) is -0.686. The van der Waals surface area contributed by atoms with Gasteiger partial charge in [-0.15, -0.1) is 0 Å². The minimum absolute atomic E-state index is 0.0535. The van der Waals surface area contributed by atoms with Crippen LogP contribution in [-0.2, 0) is 9.84 Å². The van der Waals surface area contributed by atoms with E-state index in [4.69, 9.17) is 11.6 Å². The molecule has 0 aliphatic carbocycles. The lowest BCUT2D eigenvalue weighted by Crippen LogP contribution is -2.42. The van der Waals surface area contributed by atoms with E-state index in [1.807, 2.05) is 0 Å². The molecular weight excluding hydrogens is 272 g/mol. The smallest absolute Gasteiger partial charge is 0.207 e. The molecular formula is C13H17ClO3S. The Balaban J connectivity index is 3.36. The largest absolute Gasteiger partial charge is 0.291 e. The summed E-state index contributed by atoms with van der Waals surface area (Å²) >= 11 is 6.13. The van der Waals surface area contributed by atoms with Crippen molar-refractivity contribution in [2.45, 2.75) is 31.4 Å². The number of rotatable bonds is 5. The molecule has 1 aromatic rings. The van der Waals surface area contributed by atoms with Gasteiger partial charge in [0.2, 0.25) is 4.21 Å². The van der Waals surface area contributed by atoms with Crippen molar-refractivity contribution in [2.24, 2.45) is 0 Å². The molecule has 0 spiro atoms. The van der Waals surface area contributed by atoms with Crippen molar-refractivity contribution in [3.63, 3.8) is 0 Å². The van der Waals surface area contributed by atoms with Gasteiger partial charge >= 0.3 is 0 Å². The van der Waals surface area contributed by atoms with Gasteiger partial charge < -0.3 is 0 Å². The van der Waals surface area contributed by atoms with Crippen LogP contribution in [-0.4, -0.2) is 24.2 Å². The van der Waals surface area contributed by atoms with Crippen molar-refractivity contribution in [2.75, 3.05) is 5.75 Å². The van der Waals surface area contributed by atoms with Gasteiger partial charge in [0.1, 0.15) is 0 Å². The third-order valence-electron chi connectivity index (χ3n) is 3.06. The quantitative estimate of drug-likeness (QED) is 0.618. The van der Waals surface area contributed by atoms with Gasteiger partial charge in [0.05, 0.1) is 0 Å². The predicted octanol–water partition coefficient (Wildman–Crippen LogP) is 2.96. The molecule has 1 rings (SSSR count). The Labute approximate surface area is 113 Å². The number of aryl methyl sites for hydroxylation is 1. The summed E-state index contributed by atoms with van der Waals surface area (Å²) < 4.78 is 22.2. The lowest BCUT2D eigenvalue weighted by molar-refractivity contribution is 0.0970. The standard InChI is InChI=1S/C13H17ClO3S/c1-4-13(14,18(16,17)5-2)12(15)11-9-7-6-8-10(11)3/h6-9H,4-5H2,1-3H3/t13-/m0/s1. The number of Topliss-reactive ketones (excluding diaryl/α,β-unsaturated/α-hetero) is 1. The van der Waals surface area contributed by atoms with Gasteiger partial charge in [0.15, 0.2) is 15.6 Å². The van der Waals surface area contributed by atoms with E-state index in [0.717, 1.165) is 5.56 Å². The molecule has 0 unspecified atom stereocenters. The summed E-state index contributed by atoms with van der Waals surface area (Å²) in [5, 5.41) is 0. The molecule has 0 saturated carbocycles. The highest BCUT2D eigenvalue weighted by Crippen LogP contribution is 2.32. The van der Waals surface area contributed by atoms with Gasteiger partial charge in [0.25, 0.3) is 0 Å². The molecule has 1 aromatic carbocycles. The maximum Gasteiger partial charge on any atom is 0.207 e. The van der Waals surface area contributed by atoms with Crippen molar-refractivity contribution in [1.29, 1.82) is 0 Å². The molecule has 0 heterocycles. The number of halogens is 1. The second-order valence-electron chi connectivity index (χ2n) is 4.13. The first-order valence-electron chi connectivity index (χ1n) is 5.81. The Morgan fingerprint density at radius 3 is 2.28 bits per heavy atom. The normalized spacial score (nSPS) is 15.1. The first-order chi connectivity index (χ1) is 8.30. The Morgan fingerprint density at radius 1 is 1.28 bits per heavy atom. The first kappa shape index (κ1) is 15.2. The number of hydrogen-bond acceptors (Lipinski definition) is 3. The Kier molecular flexibility index (Phi) is 4.56. The maximum absolute atomic E-state index is 12.4. The number of sulfone groups is 1. The fourth-order valence-corrected chi connectivity index (χ4v) is 3.50. The molecule has 5 heteroatoms. The summed E-state index contributed by atoms with van der Waals surface area (Å²) in [4.78, 5) is 12.4. The molecule has 3 nitrogen and oxygen atoms in total. The predicted molar refractivity (Wildman–Crippen MR) is 73.8 cm³/mol. The van der Waals surface area contributed by atoms with E-state index in [-0.39, 0.29) is 12.2 Å². The highest BCUT2D eigenvalue weighted by Gasteiger charge is 2.46. The highest BCUT2D eigenvalue weighted by atomic mass is 35.5. The van der Waals surface area contributed by atoms with Crippen LogP contribution >= 0.6 is 11.6 Å². The summed E-state index contributed by atoms with van der Waals surface area (Å²) in [6.07, 6.45) is 0.0535. The van der Waals surface area contributed by atoms with Crippen LogP contribution in [0.4, 0.5) is 0 Å². The van der Waals surface area contributed by atoms with Crippen LogP contribution in [0.5, 0.6) is 0 Å². The summed E-state index contributed by atoms with van der Waals surface area (Å²) in [7, 11) is -3.66. The topological polar surface area (TPSA) is 51.2 Å². The van der Waals surface area contributed by atoms with Crippen LogP contribution in [0, 0.1) is 6.92 Å². The lowest BCUT2D eigenvalue weighted by Gasteiger charge is -2.24. The highest BCUT2D eigenvalue weighted by molar-refractivity contribution is 7.95. The van der Waals surface area contributed by atoms with Gasteiger partial charge in [-0.2, -0.15) is 0 Å². The molecule has 0 aliphatic heterocycles. The van der Waals surface area contributed by atoms with E-state index in [9.17, 15) is 13.2 Å². The van der Waals surface area contributed by atoms with Crippen molar-refractivity contribution >= 4 is 27.2 Å². The number of ketones is 1. The minimum Gasteiger partial charge on any atom is -0.291 e. The summed E-state index contributed by atoms with van der Waals surface area (Å²) in [5.41, 5.74) is 1.10. The van der Waals surface area contributed by atoms with Crippen LogP contribution in [0.3, 0.4) is 0 Å². The number of carbonyl (C=O) groups is 1. The molecule has 0 aliphatic rings. The number of benzene rings is 1. The van der Waals surface area contributed by atoms with Crippen LogP contribution in [0.1, 0.15) is 36.2 Å². The zero-order chi connectivity index (χ0) is 14.0. The minimum atomic E-state index is -3.66. The van der Waals surface area contributed by atoms with E-state index in [1.54, 1.807) is 38.1 Å². The van der Waals surface area contributed by atoms with E-state index >= 15 is 0 Å². The van der Waals surface area contributed by atoms with E-state index in [0.29, 0.717) is 5.56 Å². The second-order valence-corrected chi connectivity index (χ2v) is 7.50. The molecule has 0 radical (unpaired) electrons. The molecule has 0 bridgehead atoms. The monoisotopic (exact) mass is 288 g/mol. The van der Waals surface area contributed by atoms with Crippen LogP contribution in [0.2, 0.25) is 0 Å². The number of alkyl halides is 1. The van der Waals surface area contributed by atoms with Crippen molar-refractivity contribution in [1.82, 2.24) is 0 Å². The number of hydrogen-bond donors (Lipinski definition) is 0. The molecule has 0 N–H and O–H groups in total. The molecule has 0 aromatic heterocycles. The average molecular weight is 289 g/mol. The fourth-order valence-electron chi connectivity index (χ4n) is 1.78. The van der Waals surface area contributed by atoms with E-state index in [2.05, 4.69) is 0 Å². The van der Waals surface area contributed by atoms with Crippen LogP contribution in [0.15, 0.2) is 24.3 Å². The van der Waals surface area contributed by atoms with Gasteiger partial charge in [-0.1, -0.05) is 49.7 Å². The Bertz CT molecular complexity index is 551. The second kappa shape index (κ2) is 5.41. The summed E-state index contributed by atoms with van der Waals surface area (Å²) in [6, 6.07) is 6.86. The lowest BCUT2D eigenvalue weighted by atomic mass is 10.0. The van der Waals surface area contributed by atoms with Crippen LogP contribution < -0.4 is 0 Å². The van der Waals surface area contributed by atoms with Crippen LogP contribution in [0.25, 0.3) is 0 Å². The zero-order valence-corrected chi connectivity index (χ0v) is 12.3. The Morgan fingerprint density at radius 2 is 1.83 bits per heavy atom. The number of carbonyl (C=O) groups excluding carboxylic acids is 1. The molecule has 1 atom stereocenters. The molecule has 0 saturated heterocycles. The van der Waals surface area contributed by atoms with Gasteiger partial charge in [-0.05, 0) is 18.9 Å². The van der Waals surface area contributed by atoms with Gasteiger partial charge in [-0.3, -0.25) is 4.79 Å². The Hall–Kier alpha value is -0.870. The third-order valence-corrected chi connectivity index (χ3v) is 6.42. The molecule has 100 valence electrons. The van der Waals surface area contributed by atoms with E-state index in [1.165, 1.54) is 6.92 Å². The molecule has 0 amide bonds. The van der Waals surface area contributed by atoms with Crippen molar-refractivity contribution in [3.8, 4) is 0 Å². The maximum atomic E-state index is 12.4. The van der Waals surface area contributed by atoms with Gasteiger partial charge in [0, 0.05) is 11.3 Å². The SMILES string of the molecule is CC[C@@](Cl)(C(=O)c1ccccc1C)S(=O)(=O)CC. The van der Waals surface area contributed by atoms with Crippen molar-refractivity contribution < 1.29 is 13.2 Å². The van der Waals surface area contributed by atoms with Crippen molar-refractivity contribution in [3.05, 3.63) is 35.4 Å². The zero-order valence-electron chi connectivity index (χ0n) is 10.7. The van der Waals surface area contributed by atoms with E-state index < -0.39 is 19.8 Å². The molecule has 18 heavy (non-hydrogen) atoms.